The Morgan fingerprint density at radius 1 is 1.59 bits per heavy atom. The predicted octanol–water partition coefficient (Wildman–Crippen LogP) is 1.91. The summed E-state index contributed by atoms with van der Waals surface area (Å²) in [4.78, 5) is 15.7. The van der Waals surface area contributed by atoms with Gasteiger partial charge in [0, 0.05) is 17.8 Å². The molecule has 3 N–H and O–H groups in total. The molecule has 17 heavy (non-hydrogen) atoms. The Hall–Kier alpha value is -0.940. The standard InChI is InChI=1S/C12H21N3OS/c1-12(2,3)5-9(13)4-11(16)14-6-10-7-17-8-15-10/h7-9H,4-6,13H2,1-3H3,(H,14,16). The lowest BCUT2D eigenvalue weighted by Gasteiger charge is -2.22. The summed E-state index contributed by atoms with van der Waals surface area (Å²) in [5, 5.41) is 4.75. The monoisotopic (exact) mass is 255 g/mol. The Balaban J connectivity index is 2.25. The molecule has 1 rings (SSSR count). The van der Waals surface area contributed by atoms with Gasteiger partial charge in [0.15, 0.2) is 0 Å². The van der Waals surface area contributed by atoms with Crippen molar-refractivity contribution in [3.8, 4) is 0 Å². The van der Waals surface area contributed by atoms with Crippen molar-refractivity contribution in [2.45, 2.75) is 46.2 Å². The summed E-state index contributed by atoms with van der Waals surface area (Å²) >= 11 is 1.53. The topological polar surface area (TPSA) is 68.0 Å². The van der Waals surface area contributed by atoms with Crippen LogP contribution in [0.1, 0.15) is 39.3 Å². The first-order chi connectivity index (χ1) is 7.87. The molecule has 0 fully saturated rings. The highest BCUT2D eigenvalue weighted by Gasteiger charge is 2.17. The summed E-state index contributed by atoms with van der Waals surface area (Å²) in [6.45, 7) is 6.87. The minimum atomic E-state index is -0.0783. The van der Waals surface area contributed by atoms with E-state index in [2.05, 4.69) is 31.1 Å². The number of carbonyl (C=O) groups excluding carboxylic acids is 1. The Morgan fingerprint density at radius 2 is 2.29 bits per heavy atom. The molecule has 0 aliphatic carbocycles. The molecule has 5 heteroatoms. The van der Waals surface area contributed by atoms with Crippen LogP contribution in [0.15, 0.2) is 10.9 Å². The van der Waals surface area contributed by atoms with Crippen LogP contribution in [0.5, 0.6) is 0 Å². The molecule has 0 aromatic carbocycles. The highest BCUT2D eigenvalue weighted by molar-refractivity contribution is 7.07. The molecule has 1 aromatic rings. The molecule has 1 unspecified atom stereocenters. The average molecular weight is 255 g/mol. The molecule has 96 valence electrons. The number of nitrogens with two attached hydrogens (primary N) is 1. The van der Waals surface area contributed by atoms with Crippen molar-refractivity contribution < 1.29 is 4.79 Å². The molecule has 0 aliphatic heterocycles. The lowest BCUT2D eigenvalue weighted by atomic mass is 9.87. The number of nitrogens with one attached hydrogen (secondary N) is 1. The predicted molar refractivity (Wildman–Crippen MR) is 70.6 cm³/mol. The Kier molecular flexibility index (Phi) is 5.08. The van der Waals surface area contributed by atoms with Crippen LogP contribution in [0.25, 0.3) is 0 Å². The molecular formula is C12H21N3OS. The summed E-state index contributed by atoms with van der Waals surface area (Å²) in [5.41, 5.74) is 8.75. The number of amides is 1. The third-order valence-electron chi connectivity index (χ3n) is 2.27. The molecule has 0 saturated heterocycles. The van der Waals surface area contributed by atoms with E-state index >= 15 is 0 Å². The normalized spacial score (nSPS) is 13.4. The number of aromatic nitrogens is 1. The van der Waals surface area contributed by atoms with E-state index in [-0.39, 0.29) is 17.4 Å². The van der Waals surface area contributed by atoms with Crippen molar-refractivity contribution >= 4 is 17.2 Å². The van der Waals surface area contributed by atoms with Gasteiger partial charge in [-0.25, -0.2) is 4.98 Å². The second-order valence-electron chi connectivity index (χ2n) is 5.49. The van der Waals surface area contributed by atoms with Crippen molar-refractivity contribution in [2.24, 2.45) is 11.1 Å². The highest BCUT2D eigenvalue weighted by Crippen LogP contribution is 2.20. The number of carbonyl (C=O) groups is 1. The summed E-state index contributed by atoms with van der Waals surface area (Å²) in [5.74, 6) is -0.00486. The van der Waals surface area contributed by atoms with E-state index in [4.69, 9.17) is 5.73 Å². The van der Waals surface area contributed by atoms with Gasteiger partial charge in [-0.2, -0.15) is 0 Å². The zero-order valence-corrected chi connectivity index (χ0v) is 11.5. The smallest absolute Gasteiger partial charge is 0.221 e. The second kappa shape index (κ2) is 6.12. The van der Waals surface area contributed by atoms with E-state index in [1.807, 2.05) is 5.38 Å². The molecule has 1 aromatic heterocycles. The number of hydrogen-bond acceptors (Lipinski definition) is 4. The van der Waals surface area contributed by atoms with Gasteiger partial charge in [0.2, 0.25) is 5.91 Å². The van der Waals surface area contributed by atoms with Crippen molar-refractivity contribution in [1.82, 2.24) is 10.3 Å². The van der Waals surface area contributed by atoms with Crippen LogP contribution in [-0.4, -0.2) is 16.9 Å². The highest BCUT2D eigenvalue weighted by atomic mass is 32.1. The van der Waals surface area contributed by atoms with Crippen LogP contribution in [0, 0.1) is 5.41 Å². The Labute approximate surface area is 107 Å². The van der Waals surface area contributed by atoms with Gasteiger partial charge in [-0.1, -0.05) is 20.8 Å². The lowest BCUT2D eigenvalue weighted by Crippen LogP contribution is -2.34. The maximum Gasteiger partial charge on any atom is 0.221 e. The average Bonchev–Trinajstić information content (AvgIpc) is 2.63. The molecule has 0 saturated carbocycles. The van der Waals surface area contributed by atoms with Crippen LogP contribution in [-0.2, 0) is 11.3 Å². The quantitative estimate of drug-likeness (QED) is 0.844. The molecule has 0 radical (unpaired) electrons. The molecule has 0 spiro atoms. The Morgan fingerprint density at radius 3 is 2.82 bits per heavy atom. The SMILES string of the molecule is CC(C)(C)CC(N)CC(=O)NCc1cscn1. The van der Waals surface area contributed by atoms with Crippen molar-refractivity contribution in [1.29, 1.82) is 0 Å². The van der Waals surface area contributed by atoms with Gasteiger partial charge >= 0.3 is 0 Å². The first kappa shape index (κ1) is 14.1. The van der Waals surface area contributed by atoms with Gasteiger partial charge in [0.25, 0.3) is 0 Å². The number of rotatable bonds is 5. The summed E-state index contributed by atoms with van der Waals surface area (Å²) in [7, 11) is 0. The van der Waals surface area contributed by atoms with Crippen LogP contribution in [0.2, 0.25) is 0 Å². The third kappa shape index (κ3) is 6.38. The molecule has 0 aliphatic rings. The molecule has 0 bridgehead atoms. The second-order valence-corrected chi connectivity index (χ2v) is 6.20. The lowest BCUT2D eigenvalue weighted by molar-refractivity contribution is -0.121. The largest absolute Gasteiger partial charge is 0.350 e. The van der Waals surface area contributed by atoms with Gasteiger partial charge < -0.3 is 11.1 Å². The van der Waals surface area contributed by atoms with Gasteiger partial charge in [0.1, 0.15) is 0 Å². The van der Waals surface area contributed by atoms with Crippen molar-refractivity contribution in [3.63, 3.8) is 0 Å². The van der Waals surface area contributed by atoms with Gasteiger partial charge in [0.05, 0.1) is 17.7 Å². The fourth-order valence-electron chi connectivity index (χ4n) is 1.68. The zero-order valence-electron chi connectivity index (χ0n) is 10.7. The molecule has 1 heterocycles. The summed E-state index contributed by atoms with van der Waals surface area (Å²) in [6, 6.07) is -0.0783. The van der Waals surface area contributed by atoms with E-state index in [0.717, 1.165) is 12.1 Å². The van der Waals surface area contributed by atoms with E-state index in [1.54, 1.807) is 5.51 Å². The first-order valence-corrected chi connectivity index (χ1v) is 6.70. The fraction of sp³-hybridized carbons (Fsp3) is 0.667. The van der Waals surface area contributed by atoms with Crippen LogP contribution in [0.4, 0.5) is 0 Å². The summed E-state index contributed by atoms with van der Waals surface area (Å²) < 4.78 is 0. The maximum atomic E-state index is 11.6. The molecule has 4 nitrogen and oxygen atoms in total. The van der Waals surface area contributed by atoms with Crippen molar-refractivity contribution in [3.05, 3.63) is 16.6 Å². The van der Waals surface area contributed by atoms with Gasteiger partial charge in [-0.05, 0) is 11.8 Å². The minimum Gasteiger partial charge on any atom is -0.350 e. The molecule has 1 amide bonds. The first-order valence-electron chi connectivity index (χ1n) is 5.76. The third-order valence-corrected chi connectivity index (χ3v) is 2.91. The van der Waals surface area contributed by atoms with Crippen LogP contribution < -0.4 is 11.1 Å². The number of hydrogen-bond donors (Lipinski definition) is 2. The summed E-state index contributed by atoms with van der Waals surface area (Å²) in [6.07, 6.45) is 1.22. The Bertz CT molecular complexity index is 343. The maximum absolute atomic E-state index is 11.6. The van der Waals surface area contributed by atoms with E-state index in [0.29, 0.717) is 13.0 Å². The van der Waals surface area contributed by atoms with Gasteiger partial charge in [-0.3, -0.25) is 4.79 Å². The van der Waals surface area contributed by atoms with Crippen LogP contribution in [0.3, 0.4) is 0 Å². The van der Waals surface area contributed by atoms with Crippen molar-refractivity contribution in [2.75, 3.05) is 0 Å². The minimum absolute atomic E-state index is 0.00486. The molecular weight excluding hydrogens is 234 g/mol. The number of nitrogens with zero attached hydrogens (tertiary/aromatic N) is 1. The van der Waals surface area contributed by atoms with Gasteiger partial charge in [-0.15, -0.1) is 11.3 Å². The molecule has 1 atom stereocenters. The van der Waals surface area contributed by atoms with E-state index < -0.39 is 0 Å². The van der Waals surface area contributed by atoms with E-state index in [1.165, 1.54) is 11.3 Å². The fourth-order valence-corrected chi connectivity index (χ4v) is 2.24. The van der Waals surface area contributed by atoms with Crippen LogP contribution >= 0.6 is 11.3 Å². The number of thiazole rings is 1. The van der Waals surface area contributed by atoms with E-state index in [9.17, 15) is 4.79 Å². The zero-order chi connectivity index (χ0) is 12.9.